The van der Waals surface area contributed by atoms with Gasteiger partial charge in [0.15, 0.2) is 0 Å². The molecule has 0 amide bonds. The molecular formula is C16H15F9O2. The second-order valence-corrected chi connectivity index (χ2v) is 6.51. The highest BCUT2D eigenvalue weighted by molar-refractivity contribution is 5.34. The minimum atomic E-state index is -6.67. The van der Waals surface area contributed by atoms with Crippen LogP contribution in [0.2, 0.25) is 0 Å². The molecule has 0 saturated heterocycles. The van der Waals surface area contributed by atoms with Gasteiger partial charge >= 0.3 is 23.7 Å². The second-order valence-electron chi connectivity index (χ2n) is 6.51. The van der Waals surface area contributed by atoms with Gasteiger partial charge in [-0.25, -0.2) is 4.39 Å². The van der Waals surface area contributed by atoms with Crippen molar-refractivity contribution in [2.45, 2.75) is 55.2 Å². The van der Waals surface area contributed by atoms with Crippen molar-refractivity contribution >= 4 is 0 Å². The first kappa shape index (κ1) is 21.6. The maximum absolute atomic E-state index is 14.6. The molecular weight excluding hydrogens is 395 g/mol. The van der Waals surface area contributed by atoms with E-state index in [1.54, 1.807) is 6.92 Å². The quantitative estimate of drug-likeness (QED) is 0.697. The molecule has 1 aromatic carbocycles. The molecule has 2 rings (SSSR count). The number of benzene rings is 1. The Labute approximate surface area is 147 Å². The van der Waals surface area contributed by atoms with Crippen LogP contribution in [0.3, 0.4) is 0 Å². The fourth-order valence-electron chi connectivity index (χ4n) is 2.98. The molecule has 1 saturated carbocycles. The zero-order chi connectivity index (χ0) is 21.1. The number of rotatable bonds is 5. The number of alkyl halides is 9. The number of ether oxygens (including phenoxy) is 1. The van der Waals surface area contributed by atoms with Gasteiger partial charge < -0.3 is 9.84 Å². The Hall–Kier alpha value is -1.65. The number of hydrogen-bond acceptors (Lipinski definition) is 2. The van der Waals surface area contributed by atoms with E-state index in [0.717, 1.165) is 12.1 Å². The van der Waals surface area contributed by atoms with Crippen LogP contribution in [-0.4, -0.2) is 41.1 Å². The molecule has 1 aliphatic carbocycles. The SMILES string of the molecule is CCOc1cccc(C(C)(O)CC2(F)C(F)(F)C(F)(F)C(F)(F)C2(F)F)c1. The standard InChI is InChI=1S/C16H15F9O2/c1-3-27-10-6-4-5-9(7-10)11(2,26)8-12(17)13(18,19)15(22,23)16(24,25)14(12,20)21/h4-7,26H,3,8H2,1-2H3. The summed E-state index contributed by atoms with van der Waals surface area (Å²) >= 11 is 0. The number of aliphatic hydroxyl groups is 1. The second kappa shape index (κ2) is 5.92. The van der Waals surface area contributed by atoms with Gasteiger partial charge in [-0.2, -0.15) is 35.1 Å². The summed E-state index contributed by atoms with van der Waals surface area (Å²) in [4.78, 5) is 0. The van der Waals surface area contributed by atoms with E-state index in [1.165, 1.54) is 12.1 Å². The zero-order valence-electron chi connectivity index (χ0n) is 14.0. The Morgan fingerprint density at radius 3 is 1.81 bits per heavy atom. The maximum Gasteiger partial charge on any atom is 0.381 e. The zero-order valence-corrected chi connectivity index (χ0v) is 14.0. The molecule has 0 heterocycles. The van der Waals surface area contributed by atoms with E-state index in [0.29, 0.717) is 6.92 Å². The molecule has 154 valence electrons. The van der Waals surface area contributed by atoms with Crippen molar-refractivity contribution in [3.63, 3.8) is 0 Å². The highest BCUT2D eigenvalue weighted by Gasteiger charge is 3.00. The summed E-state index contributed by atoms with van der Waals surface area (Å²) in [6.45, 7) is 2.25. The first-order valence-corrected chi connectivity index (χ1v) is 7.65. The molecule has 1 N–H and O–H groups in total. The molecule has 1 aromatic rings. The molecule has 0 spiro atoms. The van der Waals surface area contributed by atoms with Crippen molar-refractivity contribution < 1.29 is 49.4 Å². The molecule has 2 nitrogen and oxygen atoms in total. The molecule has 0 radical (unpaired) electrons. The largest absolute Gasteiger partial charge is 0.494 e. The average molecular weight is 410 g/mol. The predicted octanol–water partition coefficient (Wildman–Crippen LogP) is 4.95. The lowest BCUT2D eigenvalue weighted by Crippen LogP contribution is -2.57. The minimum Gasteiger partial charge on any atom is -0.494 e. The van der Waals surface area contributed by atoms with Crippen LogP contribution in [0.5, 0.6) is 5.75 Å². The van der Waals surface area contributed by atoms with Gasteiger partial charge in [-0.05, 0) is 31.5 Å². The smallest absolute Gasteiger partial charge is 0.381 e. The van der Waals surface area contributed by atoms with E-state index in [1.807, 2.05) is 0 Å². The average Bonchev–Trinajstić information content (AvgIpc) is 2.58. The lowest BCUT2D eigenvalue weighted by atomic mass is 9.80. The highest BCUT2D eigenvalue weighted by atomic mass is 19.4. The molecule has 0 bridgehead atoms. The summed E-state index contributed by atoms with van der Waals surface area (Å²) in [5.74, 6) is -26.2. The van der Waals surface area contributed by atoms with Gasteiger partial charge in [-0.15, -0.1) is 0 Å². The highest BCUT2D eigenvalue weighted by Crippen LogP contribution is 2.70. The summed E-state index contributed by atoms with van der Waals surface area (Å²) in [6.07, 6.45) is -2.42. The van der Waals surface area contributed by atoms with E-state index in [9.17, 15) is 44.6 Å². The first-order valence-electron chi connectivity index (χ1n) is 7.65. The Balaban J connectivity index is 2.55. The summed E-state index contributed by atoms with van der Waals surface area (Å²) in [5, 5.41) is 10.3. The monoisotopic (exact) mass is 410 g/mol. The van der Waals surface area contributed by atoms with Gasteiger partial charge in [0.2, 0.25) is 0 Å². The molecule has 1 aliphatic rings. The van der Waals surface area contributed by atoms with Crippen molar-refractivity contribution in [3.05, 3.63) is 29.8 Å². The lowest BCUT2D eigenvalue weighted by molar-refractivity contribution is -0.303. The van der Waals surface area contributed by atoms with Gasteiger partial charge in [0, 0.05) is 6.42 Å². The van der Waals surface area contributed by atoms with Crippen LogP contribution in [-0.2, 0) is 5.60 Å². The molecule has 11 heteroatoms. The lowest BCUT2D eigenvalue weighted by Gasteiger charge is -2.37. The van der Waals surface area contributed by atoms with Crippen LogP contribution in [0.4, 0.5) is 39.5 Å². The van der Waals surface area contributed by atoms with Crippen LogP contribution in [0.25, 0.3) is 0 Å². The molecule has 1 unspecified atom stereocenters. The van der Waals surface area contributed by atoms with Gasteiger partial charge in [-0.1, -0.05) is 12.1 Å². The van der Waals surface area contributed by atoms with E-state index >= 15 is 0 Å². The summed E-state index contributed by atoms with van der Waals surface area (Å²) < 4.78 is 128. The first-order chi connectivity index (χ1) is 12.0. The van der Waals surface area contributed by atoms with Crippen LogP contribution >= 0.6 is 0 Å². The van der Waals surface area contributed by atoms with Crippen molar-refractivity contribution in [1.82, 2.24) is 0 Å². The molecule has 27 heavy (non-hydrogen) atoms. The third-order valence-electron chi connectivity index (χ3n) is 4.53. The molecule has 1 atom stereocenters. The van der Waals surface area contributed by atoms with E-state index < -0.39 is 46.9 Å². The summed E-state index contributed by atoms with van der Waals surface area (Å²) in [7, 11) is 0. The van der Waals surface area contributed by atoms with Crippen molar-refractivity contribution in [3.8, 4) is 5.75 Å². The van der Waals surface area contributed by atoms with Gasteiger partial charge in [-0.3, -0.25) is 0 Å². The van der Waals surface area contributed by atoms with Gasteiger partial charge in [0.1, 0.15) is 5.75 Å². The third-order valence-corrected chi connectivity index (χ3v) is 4.53. The number of hydrogen-bond donors (Lipinski definition) is 1. The van der Waals surface area contributed by atoms with E-state index in [-0.39, 0.29) is 12.4 Å². The fourth-order valence-corrected chi connectivity index (χ4v) is 2.98. The Morgan fingerprint density at radius 1 is 0.889 bits per heavy atom. The molecule has 1 fully saturated rings. The Morgan fingerprint density at radius 2 is 1.37 bits per heavy atom. The normalized spacial score (nSPS) is 26.4. The fraction of sp³-hybridized carbons (Fsp3) is 0.625. The minimum absolute atomic E-state index is 0.0313. The Kier molecular flexibility index (Phi) is 4.75. The maximum atomic E-state index is 14.6. The van der Waals surface area contributed by atoms with Gasteiger partial charge in [0.05, 0.1) is 12.2 Å². The van der Waals surface area contributed by atoms with Gasteiger partial charge in [0.25, 0.3) is 5.67 Å². The molecule has 0 aromatic heterocycles. The Bertz CT molecular complexity index is 690. The van der Waals surface area contributed by atoms with E-state index in [4.69, 9.17) is 4.74 Å². The van der Waals surface area contributed by atoms with Crippen molar-refractivity contribution in [2.75, 3.05) is 6.61 Å². The van der Waals surface area contributed by atoms with Crippen LogP contribution in [0.1, 0.15) is 25.8 Å². The predicted molar refractivity (Wildman–Crippen MR) is 75.4 cm³/mol. The molecule has 0 aliphatic heterocycles. The van der Waals surface area contributed by atoms with Crippen molar-refractivity contribution in [1.29, 1.82) is 0 Å². The number of halogens is 9. The summed E-state index contributed by atoms with van der Waals surface area (Å²) in [5.41, 5.74) is -9.11. The summed E-state index contributed by atoms with van der Waals surface area (Å²) in [6, 6.07) is 4.48. The topological polar surface area (TPSA) is 29.5 Å². The van der Waals surface area contributed by atoms with Crippen molar-refractivity contribution in [2.24, 2.45) is 0 Å². The van der Waals surface area contributed by atoms with Crippen LogP contribution in [0.15, 0.2) is 24.3 Å². The van der Waals surface area contributed by atoms with E-state index in [2.05, 4.69) is 0 Å². The van der Waals surface area contributed by atoms with Crippen LogP contribution in [0, 0.1) is 0 Å². The van der Waals surface area contributed by atoms with Crippen LogP contribution < -0.4 is 4.74 Å². The third kappa shape index (κ3) is 2.60.